The Bertz CT molecular complexity index is 490. The van der Waals surface area contributed by atoms with E-state index in [9.17, 15) is 9.90 Å². The van der Waals surface area contributed by atoms with E-state index < -0.39 is 0 Å². The first-order valence-corrected chi connectivity index (χ1v) is 8.69. The number of aliphatic hydroxyl groups is 1. The van der Waals surface area contributed by atoms with Crippen LogP contribution in [0.15, 0.2) is 16.8 Å². The molecule has 0 unspecified atom stereocenters. The van der Waals surface area contributed by atoms with Crippen molar-refractivity contribution in [3.05, 3.63) is 22.4 Å². The summed E-state index contributed by atoms with van der Waals surface area (Å²) in [6, 6.07) is 2.33. The number of piperidine rings is 2. The molecule has 0 saturated carbocycles. The smallest absolute Gasteiger partial charge is 0.227 e. The molecule has 2 fully saturated rings. The Balaban J connectivity index is 1.69. The second-order valence-corrected chi connectivity index (χ2v) is 7.30. The molecule has 0 spiro atoms. The molecule has 2 aliphatic heterocycles. The number of thiophene rings is 1. The van der Waals surface area contributed by atoms with Gasteiger partial charge in [-0.25, -0.2) is 0 Å². The first-order chi connectivity index (χ1) is 10.1. The van der Waals surface area contributed by atoms with Crippen molar-refractivity contribution >= 4 is 17.2 Å². The predicted molar refractivity (Wildman–Crippen MR) is 84.4 cm³/mol. The first-order valence-electron chi connectivity index (χ1n) is 7.74. The lowest BCUT2D eigenvalue weighted by Crippen LogP contribution is -2.62. The van der Waals surface area contributed by atoms with Gasteiger partial charge in [-0.2, -0.15) is 11.3 Å². The lowest BCUT2D eigenvalue weighted by atomic mass is 9.69. The molecule has 1 amide bonds. The van der Waals surface area contributed by atoms with Crippen LogP contribution in [0.1, 0.15) is 24.8 Å². The van der Waals surface area contributed by atoms with Gasteiger partial charge in [0, 0.05) is 24.5 Å². The van der Waals surface area contributed by atoms with Crippen LogP contribution in [-0.2, 0) is 11.2 Å². The quantitative estimate of drug-likeness (QED) is 0.922. The summed E-state index contributed by atoms with van der Waals surface area (Å²) < 4.78 is 0. The zero-order chi connectivity index (χ0) is 14.9. The molecule has 1 N–H and O–H groups in total. The minimum Gasteiger partial charge on any atom is -0.396 e. The maximum atomic E-state index is 12.5. The predicted octanol–water partition coefficient (Wildman–Crippen LogP) is 1.60. The lowest BCUT2D eigenvalue weighted by Gasteiger charge is -2.53. The maximum Gasteiger partial charge on any atom is 0.227 e. The summed E-state index contributed by atoms with van der Waals surface area (Å²) in [7, 11) is 2.13. The number of likely N-dealkylation sites (N-methyl/N-ethyl adjacent to an activating group) is 1. The molecule has 1 aromatic heterocycles. The van der Waals surface area contributed by atoms with Crippen LogP contribution < -0.4 is 0 Å². The Morgan fingerprint density at radius 1 is 1.48 bits per heavy atom. The highest BCUT2D eigenvalue weighted by Crippen LogP contribution is 2.41. The molecule has 2 saturated heterocycles. The average Bonchev–Trinajstić information content (AvgIpc) is 3.00. The molecule has 5 heteroatoms. The summed E-state index contributed by atoms with van der Waals surface area (Å²) in [5.41, 5.74) is 1.12. The van der Waals surface area contributed by atoms with Gasteiger partial charge in [-0.1, -0.05) is 0 Å². The number of fused-ring (bicyclic) bond motifs is 1. The zero-order valence-electron chi connectivity index (χ0n) is 12.6. The number of amides is 1. The molecule has 1 aromatic rings. The van der Waals surface area contributed by atoms with Crippen molar-refractivity contribution in [1.29, 1.82) is 0 Å². The number of nitrogens with zero attached hydrogens (tertiary/aromatic N) is 2. The number of hydrogen-bond donors (Lipinski definition) is 1. The molecular weight excluding hydrogens is 284 g/mol. The molecule has 3 heterocycles. The Kier molecular flexibility index (Phi) is 4.33. The van der Waals surface area contributed by atoms with E-state index in [0.717, 1.165) is 44.5 Å². The molecule has 116 valence electrons. The fraction of sp³-hybridized carbons (Fsp3) is 0.688. The van der Waals surface area contributed by atoms with E-state index in [1.54, 1.807) is 11.3 Å². The van der Waals surface area contributed by atoms with Crippen molar-refractivity contribution in [3.63, 3.8) is 0 Å². The van der Waals surface area contributed by atoms with E-state index in [1.807, 2.05) is 21.7 Å². The summed E-state index contributed by atoms with van der Waals surface area (Å²) in [5.74, 6) is 0.221. The first kappa shape index (κ1) is 15.0. The second-order valence-electron chi connectivity index (χ2n) is 6.52. The van der Waals surface area contributed by atoms with Crippen molar-refractivity contribution in [2.24, 2.45) is 5.41 Å². The second kappa shape index (κ2) is 6.07. The van der Waals surface area contributed by atoms with Crippen LogP contribution in [0.4, 0.5) is 0 Å². The van der Waals surface area contributed by atoms with Gasteiger partial charge in [-0.15, -0.1) is 0 Å². The minimum absolute atomic E-state index is 0.00611. The number of hydrogen-bond acceptors (Lipinski definition) is 4. The SMILES string of the molecule is CN1CCC[C@]2(CO)CCN(C(=O)Cc3ccsc3)C[C@@H]12. The Labute approximate surface area is 130 Å². The van der Waals surface area contributed by atoms with Crippen LogP contribution in [0.2, 0.25) is 0 Å². The maximum absolute atomic E-state index is 12.5. The number of rotatable bonds is 3. The van der Waals surface area contributed by atoms with Gasteiger partial charge in [0.05, 0.1) is 13.0 Å². The van der Waals surface area contributed by atoms with Crippen LogP contribution in [0.3, 0.4) is 0 Å². The van der Waals surface area contributed by atoms with Gasteiger partial charge >= 0.3 is 0 Å². The highest BCUT2D eigenvalue weighted by Gasteiger charge is 2.47. The average molecular weight is 308 g/mol. The number of aliphatic hydroxyl groups excluding tert-OH is 1. The van der Waals surface area contributed by atoms with E-state index in [1.165, 1.54) is 0 Å². The van der Waals surface area contributed by atoms with Gasteiger partial charge < -0.3 is 14.9 Å². The van der Waals surface area contributed by atoms with Crippen LogP contribution in [0.25, 0.3) is 0 Å². The molecule has 0 radical (unpaired) electrons. The normalized spacial score (nSPS) is 30.2. The Hall–Kier alpha value is -0.910. The molecule has 2 aliphatic rings. The zero-order valence-corrected chi connectivity index (χ0v) is 13.4. The van der Waals surface area contributed by atoms with Gasteiger partial charge in [0.15, 0.2) is 0 Å². The van der Waals surface area contributed by atoms with E-state index in [4.69, 9.17) is 0 Å². The number of carbonyl (C=O) groups is 1. The van der Waals surface area contributed by atoms with E-state index in [-0.39, 0.29) is 17.9 Å². The van der Waals surface area contributed by atoms with Crippen LogP contribution in [0.5, 0.6) is 0 Å². The Morgan fingerprint density at radius 2 is 2.33 bits per heavy atom. The van der Waals surface area contributed by atoms with Gasteiger partial charge in [-0.3, -0.25) is 4.79 Å². The standard InChI is InChI=1S/C16H24N2O2S/c1-17-6-2-4-16(12-19)5-7-18(10-14(16)17)15(20)9-13-3-8-21-11-13/h3,8,11,14,19H,2,4-7,9-10,12H2,1H3/t14-,16-/m1/s1. The molecule has 4 nitrogen and oxygen atoms in total. The van der Waals surface area contributed by atoms with E-state index in [2.05, 4.69) is 11.9 Å². The molecule has 3 rings (SSSR count). The molecule has 0 aromatic carbocycles. The molecule has 2 atom stereocenters. The summed E-state index contributed by atoms with van der Waals surface area (Å²) in [4.78, 5) is 16.8. The number of carbonyl (C=O) groups excluding carboxylic acids is 1. The van der Waals surface area contributed by atoms with Gasteiger partial charge in [0.25, 0.3) is 0 Å². The minimum atomic E-state index is 0.00611. The highest BCUT2D eigenvalue weighted by atomic mass is 32.1. The fourth-order valence-electron chi connectivity index (χ4n) is 3.92. The summed E-state index contributed by atoms with van der Waals surface area (Å²) in [6.45, 7) is 2.86. The van der Waals surface area contributed by atoms with Crippen molar-refractivity contribution < 1.29 is 9.90 Å². The van der Waals surface area contributed by atoms with E-state index >= 15 is 0 Å². The third kappa shape index (κ3) is 2.87. The van der Waals surface area contributed by atoms with Crippen molar-refractivity contribution in [3.8, 4) is 0 Å². The molecule has 21 heavy (non-hydrogen) atoms. The highest BCUT2D eigenvalue weighted by molar-refractivity contribution is 7.07. The lowest BCUT2D eigenvalue weighted by molar-refractivity contribution is -0.139. The molecular formula is C16H24N2O2S. The Morgan fingerprint density at radius 3 is 3.05 bits per heavy atom. The molecule has 0 bridgehead atoms. The van der Waals surface area contributed by atoms with Crippen molar-refractivity contribution in [2.75, 3.05) is 33.3 Å². The summed E-state index contributed by atoms with van der Waals surface area (Å²) >= 11 is 1.64. The van der Waals surface area contributed by atoms with Gasteiger partial charge in [0.1, 0.15) is 0 Å². The number of likely N-dealkylation sites (tertiary alicyclic amines) is 2. The summed E-state index contributed by atoms with van der Waals surface area (Å²) in [6.07, 6.45) is 3.67. The largest absolute Gasteiger partial charge is 0.396 e. The summed E-state index contributed by atoms with van der Waals surface area (Å²) in [5, 5.41) is 14.0. The monoisotopic (exact) mass is 308 g/mol. The van der Waals surface area contributed by atoms with E-state index in [0.29, 0.717) is 12.5 Å². The van der Waals surface area contributed by atoms with Crippen molar-refractivity contribution in [1.82, 2.24) is 9.80 Å². The third-order valence-electron chi connectivity index (χ3n) is 5.30. The van der Waals surface area contributed by atoms with Gasteiger partial charge in [0.2, 0.25) is 5.91 Å². The van der Waals surface area contributed by atoms with Crippen LogP contribution in [-0.4, -0.2) is 60.1 Å². The van der Waals surface area contributed by atoms with Crippen molar-refractivity contribution in [2.45, 2.75) is 31.7 Å². The topological polar surface area (TPSA) is 43.8 Å². The molecule has 0 aliphatic carbocycles. The third-order valence-corrected chi connectivity index (χ3v) is 6.03. The van der Waals surface area contributed by atoms with Crippen LogP contribution >= 0.6 is 11.3 Å². The van der Waals surface area contributed by atoms with Gasteiger partial charge in [-0.05, 0) is 55.2 Å². The fourth-order valence-corrected chi connectivity index (χ4v) is 4.59. The van der Waals surface area contributed by atoms with Crippen LogP contribution in [0, 0.1) is 5.41 Å².